The van der Waals surface area contributed by atoms with Gasteiger partial charge in [0.05, 0.1) is 46.9 Å². The normalized spacial score (nSPS) is 12.6. The van der Waals surface area contributed by atoms with Crippen LogP contribution in [0.5, 0.6) is 0 Å². The number of nitrogens with zero attached hydrogens (tertiary/aromatic N) is 2. The molecule has 4 atom stereocenters. The van der Waals surface area contributed by atoms with Gasteiger partial charge in [0, 0.05) is 71.8 Å². The maximum atomic E-state index is 14.0. The van der Waals surface area contributed by atoms with Crippen molar-refractivity contribution in [2.45, 2.75) is 116 Å². The molecule has 8 aromatic rings. The number of benzene rings is 6. The predicted octanol–water partition coefficient (Wildman–Crippen LogP) is 9.58. The molecule has 428 valence electrons. The number of rotatable bonds is 24. The van der Waals surface area contributed by atoms with Crippen molar-refractivity contribution in [1.29, 1.82) is 0 Å². The molecule has 0 spiro atoms. The molecule has 8 rings (SSSR count). The number of halogens is 2. The predicted molar refractivity (Wildman–Crippen MR) is 315 cm³/mol. The van der Waals surface area contributed by atoms with Crippen LogP contribution >= 0.6 is 0 Å². The van der Waals surface area contributed by atoms with Gasteiger partial charge in [-0.2, -0.15) is 0 Å². The number of aliphatic hydroxyl groups is 4. The summed E-state index contributed by atoms with van der Waals surface area (Å²) >= 11 is 0. The zero-order valence-corrected chi connectivity index (χ0v) is 48.3. The Balaban J connectivity index is 0.000000263. The molecular weight excluding hydrogens is 1070 g/mol. The number of carboxylic acid groups (broad SMARTS) is 2. The van der Waals surface area contributed by atoms with Crippen molar-refractivity contribution in [1.82, 2.24) is 9.13 Å². The van der Waals surface area contributed by atoms with Crippen LogP contribution in [0.1, 0.15) is 110 Å². The van der Waals surface area contributed by atoms with Crippen molar-refractivity contribution in [3.8, 4) is 44.8 Å². The SMILES string of the molecule is CC(C)c1c(C(=O)Nc2ccccc2)c(-c2ccccc2)c(-c2ccc(F)cc2)n1CC[C@@H](O)C[C@@H](O)CC(=O)[O-].CC(C)c1c(C(=O)Nc2ccccc2)c(-c2ccccc2)c(-c2ccc(F)cc2)n1CC[C@@H](O)C[C@@H](O)CC(=O)[O-].[Mg+2]. The Bertz CT molecular complexity index is 3170. The number of hydrogen-bond acceptors (Lipinski definition) is 10. The van der Waals surface area contributed by atoms with Gasteiger partial charge in [0.15, 0.2) is 0 Å². The van der Waals surface area contributed by atoms with Crippen LogP contribution in [0.15, 0.2) is 170 Å². The van der Waals surface area contributed by atoms with Crippen LogP contribution in [0, 0.1) is 11.6 Å². The van der Waals surface area contributed by atoms with Crippen LogP contribution in [0.4, 0.5) is 20.2 Å². The minimum absolute atomic E-state index is 0. The van der Waals surface area contributed by atoms with E-state index < -0.39 is 60.8 Å². The fourth-order valence-corrected chi connectivity index (χ4v) is 10.4. The minimum atomic E-state index is -1.39. The fraction of sp³-hybridized carbons (Fsp3) is 0.273. The summed E-state index contributed by atoms with van der Waals surface area (Å²) in [5.41, 5.74) is 9.43. The fourth-order valence-electron chi connectivity index (χ4n) is 10.4. The number of aromatic nitrogens is 2. The monoisotopic (exact) mass is 1140 g/mol. The second-order valence-corrected chi connectivity index (χ2v) is 20.8. The van der Waals surface area contributed by atoms with Crippen molar-refractivity contribution < 1.29 is 58.6 Å². The molecule has 6 N–H and O–H groups in total. The number of anilines is 2. The van der Waals surface area contributed by atoms with Gasteiger partial charge in [-0.1, -0.05) is 125 Å². The van der Waals surface area contributed by atoms with E-state index in [2.05, 4.69) is 10.6 Å². The summed E-state index contributed by atoms with van der Waals surface area (Å²) in [6.07, 6.45) is -5.54. The van der Waals surface area contributed by atoms with Gasteiger partial charge in [-0.05, 0) is 133 Å². The average Bonchev–Trinajstić information content (AvgIpc) is 3.14. The van der Waals surface area contributed by atoms with E-state index in [1.54, 1.807) is 48.5 Å². The number of carbonyl (C=O) groups excluding carboxylic acids is 4. The molecule has 0 saturated heterocycles. The molecule has 0 unspecified atom stereocenters. The molecular formula is C66H68F2MgN4O10. The van der Waals surface area contributed by atoms with Crippen molar-refractivity contribution in [3.63, 3.8) is 0 Å². The molecule has 0 bridgehead atoms. The van der Waals surface area contributed by atoms with E-state index in [0.717, 1.165) is 22.5 Å². The molecule has 6 aromatic carbocycles. The van der Waals surface area contributed by atoms with Crippen LogP contribution in [0.25, 0.3) is 44.8 Å². The molecule has 17 heteroatoms. The molecule has 2 amide bonds. The van der Waals surface area contributed by atoms with Crippen LogP contribution in [0.2, 0.25) is 0 Å². The Kier molecular flexibility index (Phi) is 23.7. The number of carbonyl (C=O) groups is 4. The van der Waals surface area contributed by atoms with Gasteiger partial charge in [0.1, 0.15) is 11.6 Å². The average molecular weight is 1140 g/mol. The van der Waals surface area contributed by atoms with Gasteiger partial charge < -0.3 is 60.0 Å². The summed E-state index contributed by atoms with van der Waals surface area (Å²) in [6.45, 7) is 8.45. The van der Waals surface area contributed by atoms with E-state index in [-0.39, 0.29) is 85.5 Å². The Morgan fingerprint density at radius 1 is 0.446 bits per heavy atom. The maximum Gasteiger partial charge on any atom is 2.00 e. The van der Waals surface area contributed by atoms with Crippen LogP contribution in [-0.4, -0.2) is 101 Å². The van der Waals surface area contributed by atoms with E-state index in [9.17, 15) is 58.6 Å². The van der Waals surface area contributed by atoms with Crippen molar-refractivity contribution >= 4 is 58.2 Å². The quantitative estimate of drug-likeness (QED) is 0.0314. The van der Waals surface area contributed by atoms with Crippen LogP contribution < -0.4 is 20.8 Å². The minimum Gasteiger partial charge on any atom is -0.550 e. The zero-order valence-electron chi connectivity index (χ0n) is 46.9. The summed E-state index contributed by atoms with van der Waals surface area (Å²) < 4.78 is 32.0. The van der Waals surface area contributed by atoms with E-state index in [0.29, 0.717) is 56.1 Å². The van der Waals surface area contributed by atoms with Gasteiger partial charge in [-0.25, -0.2) is 8.78 Å². The van der Waals surface area contributed by atoms with Crippen molar-refractivity contribution in [2.75, 3.05) is 10.6 Å². The first-order valence-electron chi connectivity index (χ1n) is 27.3. The van der Waals surface area contributed by atoms with Crippen LogP contribution in [0.3, 0.4) is 0 Å². The molecule has 2 heterocycles. The first-order valence-corrected chi connectivity index (χ1v) is 27.3. The smallest absolute Gasteiger partial charge is 0.550 e. The van der Waals surface area contributed by atoms with Gasteiger partial charge >= 0.3 is 23.1 Å². The summed E-state index contributed by atoms with van der Waals surface area (Å²) in [5, 5.41) is 69.2. The van der Waals surface area contributed by atoms with Gasteiger partial charge in [-0.3, -0.25) is 9.59 Å². The van der Waals surface area contributed by atoms with Crippen molar-refractivity contribution in [2.24, 2.45) is 0 Å². The zero-order chi connectivity index (χ0) is 59.0. The van der Waals surface area contributed by atoms with E-state index in [1.807, 2.05) is 134 Å². The second kappa shape index (κ2) is 30.5. The summed E-state index contributed by atoms with van der Waals surface area (Å²) in [5.74, 6) is -4.41. The third-order valence-electron chi connectivity index (χ3n) is 13.8. The molecule has 0 radical (unpaired) electrons. The first kappa shape index (κ1) is 64.4. The molecule has 0 fully saturated rings. The molecule has 83 heavy (non-hydrogen) atoms. The third-order valence-corrected chi connectivity index (χ3v) is 13.8. The molecule has 14 nitrogen and oxygen atoms in total. The maximum absolute atomic E-state index is 14.0. The summed E-state index contributed by atoms with van der Waals surface area (Å²) in [6, 6.07) is 49.4. The number of amides is 2. The molecule has 0 aliphatic rings. The number of nitrogens with one attached hydrogen (secondary N) is 2. The molecule has 0 aliphatic carbocycles. The largest absolute Gasteiger partial charge is 2.00 e. The molecule has 0 saturated carbocycles. The number of carboxylic acids is 2. The second-order valence-electron chi connectivity index (χ2n) is 20.8. The van der Waals surface area contributed by atoms with E-state index >= 15 is 0 Å². The van der Waals surface area contributed by atoms with E-state index in [4.69, 9.17) is 0 Å². The summed E-state index contributed by atoms with van der Waals surface area (Å²) in [4.78, 5) is 49.8. The first-order chi connectivity index (χ1) is 39.3. The van der Waals surface area contributed by atoms with Gasteiger partial charge in [0.25, 0.3) is 11.8 Å². The number of para-hydroxylation sites is 2. The Morgan fingerprint density at radius 3 is 1.04 bits per heavy atom. The molecule has 0 aliphatic heterocycles. The van der Waals surface area contributed by atoms with Gasteiger partial charge in [0.2, 0.25) is 0 Å². The standard InChI is InChI=1S/2C33H35FN2O5.Mg/c2*1-21(2)31-30(33(41)35-25-11-7-4-8-12-25)29(22-9-5-3-6-10-22)32(23-13-15-24(34)16-14-23)36(31)18-17-26(37)19-27(38)20-28(39)40;/h2*3-16,21,26-27,37-38H,17-20H2,1-2H3,(H,35,41)(H,39,40);/q;;+2/p-2/t2*26-,27-;/m11./s1. The van der Waals surface area contributed by atoms with Crippen molar-refractivity contribution in [3.05, 3.63) is 204 Å². The number of aliphatic carboxylic acids is 2. The Labute approximate surface area is 498 Å². The Morgan fingerprint density at radius 2 is 0.747 bits per heavy atom. The Hall–Kier alpha value is -7.77. The number of aliphatic hydroxyl groups excluding tert-OH is 4. The summed E-state index contributed by atoms with van der Waals surface area (Å²) in [7, 11) is 0. The molecule has 2 aromatic heterocycles. The third kappa shape index (κ3) is 17.2. The number of hydrogen-bond donors (Lipinski definition) is 6. The van der Waals surface area contributed by atoms with E-state index in [1.165, 1.54) is 24.3 Å². The topological polar surface area (TPSA) is 229 Å². The van der Waals surface area contributed by atoms with Crippen LogP contribution in [-0.2, 0) is 22.7 Å². The van der Waals surface area contributed by atoms with Gasteiger partial charge in [-0.15, -0.1) is 0 Å².